The van der Waals surface area contributed by atoms with Crippen LogP contribution in [0.1, 0.15) is 24.8 Å². The number of para-hydroxylation sites is 1. The van der Waals surface area contributed by atoms with E-state index in [0.717, 1.165) is 25.2 Å². The molecule has 1 fully saturated rings. The average molecular weight is 230 g/mol. The van der Waals surface area contributed by atoms with Gasteiger partial charge < -0.3 is 10.2 Å². The Bertz CT molecular complexity index is 426. The van der Waals surface area contributed by atoms with Crippen molar-refractivity contribution < 1.29 is 4.79 Å². The van der Waals surface area contributed by atoms with E-state index in [1.165, 1.54) is 18.4 Å². The molecule has 0 spiro atoms. The Morgan fingerprint density at radius 3 is 2.88 bits per heavy atom. The minimum Gasteiger partial charge on any atom is -0.312 e. The molecule has 3 nitrogen and oxygen atoms in total. The fraction of sp³-hybridized carbons (Fsp3) is 0.500. The van der Waals surface area contributed by atoms with Crippen molar-refractivity contribution in [2.75, 3.05) is 18.0 Å². The molecule has 1 saturated carbocycles. The Labute approximate surface area is 102 Å². The second-order valence-electron chi connectivity index (χ2n) is 4.90. The highest BCUT2D eigenvalue weighted by Gasteiger charge is 2.24. The van der Waals surface area contributed by atoms with Crippen molar-refractivity contribution in [3.63, 3.8) is 0 Å². The van der Waals surface area contributed by atoms with Crippen LogP contribution in [0.3, 0.4) is 0 Å². The molecule has 0 unspecified atom stereocenters. The minimum atomic E-state index is 0.265. The predicted octanol–water partition coefficient (Wildman–Crippen LogP) is 1.72. The molecule has 2 aliphatic rings. The highest BCUT2D eigenvalue weighted by Crippen LogP contribution is 2.27. The molecule has 0 bridgehead atoms. The Balaban J connectivity index is 1.70. The summed E-state index contributed by atoms with van der Waals surface area (Å²) in [4.78, 5) is 13.9. The number of hydrogen-bond donors (Lipinski definition) is 1. The van der Waals surface area contributed by atoms with Gasteiger partial charge in [-0.15, -0.1) is 0 Å². The maximum absolute atomic E-state index is 11.9. The summed E-state index contributed by atoms with van der Waals surface area (Å²) in [5, 5.41) is 3.46. The lowest BCUT2D eigenvalue weighted by Gasteiger charge is -2.29. The summed E-state index contributed by atoms with van der Waals surface area (Å²) in [5.41, 5.74) is 2.42. The molecule has 1 aliphatic carbocycles. The van der Waals surface area contributed by atoms with Gasteiger partial charge in [-0.1, -0.05) is 18.2 Å². The highest BCUT2D eigenvalue weighted by molar-refractivity contribution is 5.96. The van der Waals surface area contributed by atoms with E-state index in [1.807, 2.05) is 11.0 Å². The number of anilines is 1. The van der Waals surface area contributed by atoms with Gasteiger partial charge in [-0.25, -0.2) is 0 Å². The van der Waals surface area contributed by atoms with Gasteiger partial charge in [-0.05, 0) is 30.9 Å². The zero-order valence-corrected chi connectivity index (χ0v) is 9.98. The van der Waals surface area contributed by atoms with E-state index in [2.05, 4.69) is 23.5 Å². The van der Waals surface area contributed by atoms with Crippen molar-refractivity contribution in [2.45, 2.75) is 31.7 Å². The molecule has 3 rings (SSSR count). The van der Waals surface area contributed by atoms with Gasteiger partial charge in [0, 0.05) is 31.2 Å². The quantitative estimate of drug-likeness (QED) is 0.854. The number of carbonyl (C=O) groups is 1. The van der Waals surface area contributed by atoms with E-state index in [4.69, 9.17) is 0 Å². The summed E-state index contributed by atoms with van der Waals surface area (Å²) in [6.07, 6.45) is 4.14. The van der Waals surface area contributed by atoms with Crippen molar-refractivity contribution >= 4 is 11.6 Å². The monoisotopic (exact) mass is 230 g/mol. The smallest absolute Gasteiger partial charge is 0.227 e. The molecule has 1 aromatic carbocycles. The summed E-state index contributed by atoms with van der Waals surface area (Å²) < 4.78 is 0. The van der Waals surface area contributed by atoms with Gasteiger partial charge >= 0.3 is 0 Å². The van der Waals surface area contributed by atoms with Crippen LogP contribution in [0.4, 0.5) is 5.69 Å². The minimum absolute atomic E-state index is 0.265. The molecule has 1 heterocycles. The number of fused-ring (bicyclic) bond motifs is 1. The van der Waals surface area contributed by atoms with Crippen LogP contribution in [0.15, 0.2) is 24.3 Å². The first kappa shape index (κ1) is 10.8. The maximum Gasteiger partial charge on any atom is 0.227 e. The molecule has 17 heavy (non-hydrogen) atoms. The second-order valence-corrected chi connectivity index (χ2v) is 4.90. The summed E-state index contributed by atoms with van der Waals surface area (Å²) in [6.45, 7) is 1.71. The number of amides is 1. The molecule has 1 aromatic rings. The number of nitrogens with one attached hydrogen (secondary N) is 1. The van der Waals surface area contributed by atoms with Gasteiger partial charge in [0.25, 0.3) is 0 Å². The zero-order chi connectivity index (χ0) is 11.7. The molecule has 1 amide bonds. The first-order valence-corrected chi connectivity index (χ1v) is 6.46. The van der Waals surface area contributed by atoms with Crippen molar-refractivity contribution in [1.29, 1.82) is 0 Å². The van der Waals surface area contributed by atoms with Gasteiger partial charge in [0.1, 0.15) is 0 Å². The predicted molar refractivity (Wildman–Crippen MR) is 68.1 cm³/mol. The fourth-order valence-electron chi connectivity index (χ4n) is 2.41. The molecule has 0 saturated heterocycles. The number of nitrogens with zero attached hydrogens (tertiary/aromatic N) is 1. The van der Waals surface area contributed by atoms with Crippen LogP contribution in [0.25, 0.3) is 0 Å². The lowest BCUT2D eigenvalue weighted by atomic mass is 10.0. The molecule has 0 atom stereocenters. The van der Waals surface area contributed by atoms with E-state index < -0.39 is 0 Å². The summed E-state index contributed by atoms with van der Waals surface area (Å²) >= 11 is 0. The number of hydrogen-bond acceptors (Lipinski definition) is 2. The van der Waals surface area contributed by atoms with Gasteiger partial charge in [0.15, 0.2) is 0 Å². The van der Waals surface area contributed by atoms with Crippen LogP contribution < -0.4 is 10.2 Å². The van der Waals surface area contributed by atoms with Crippen molar-refractivity contribution in [3.8, 4) is 0 Å². The molecule has 0 radical (unpaired) electrons. The zero-order valence-electron chi connectivity index (χ0n) is 9.98. The van der Waals surface area contributed by atoms with E-state index in [-0.39, 0.29) is 5.91 Å². The molecule has 1 aliphatic heterocycles. The number of rotatable bonds is 4. The number of carbonyl (C=O) groups excluding carboxylic acids is 1. The summed E-state index contributed by atoms with van der Waals surface area (Å²) in [6, 6.07) is 8.96. The Morgan fingerprint density at radius 2 is 2.06 bits per heavy atom. The molecule has 90 valence electrons. The topological polar surface area (TPSA) is 32.3 Å². The SMILES string of the molecule is O=C1CCc2ccccc2N1CCNC1CC1. The summed E-state index contributed by atoms with van der Waals surface area (Å²) in [7, 11) is 0. The van der Waals surface area contributed by atoms with Crippen LogP contribution in [0.5, 0.6) is 0 Å². The summed E-state index contributed by atoms with van der Waals surface area (Å²) in [5.74, 6) is 0.265. The van der Waals surface area contributed by atoms with Crippen LogP contribution in [0.2, 0.25) is 0 Å². The largest absolute Gasteiger partial charge is 0.312 e. The number of aryl methyl sites for hydroxylation is 1. The van der Waals surface area contributed by atoms with Gasteiger partial charge in [0.2, 0.25) is 5.91 Å². The lowest BCUT2D eigenvalue weighted by Crippen LogP contribution is -2.40. The van der Waals surface area contributed by atoms with Gasteiger partial charge in [-0.3, -0.25) is 4.79 Å². The molecule has 1 N–H and O–H groups in total. The molecule has 0 aromatic heterocycles. The van der Waals surface area contributed by atoms with Crippen molar-refractivity contribution in [2.24, 2.45) is 0 Å². The normalized spacial score (nSPS) is 19.3. The third kappa shape index (κ3) is 2.34. The second kappa shape index (κ2) is 4.49. The van der Waals surface area contributed by atoms with Crippen LogP contribution in [-0.4, -0.2) is 25.0 Å². The highest BCUT2D eigenvalue weighted by atomic mass is 16.2. The lowest BCUT2D eigenvalue weighted by molar-refractivity contribution is -0.118. The van der Waals surface area contributed by atoms with E-state index >= 15 is 0 Å². The Morgan fingerprint density at radius 1 is 1.24 bits per heavy atom. The average Bonchev–Trinajstić information content (AvgIpc) is 3.16. The van der Waals surface area contributed by atoms with Gasteiger partial charge in [0.05, 0.1) is 0 Å². The molecular formula is C14H18N2O. The van der Waals surface area contributed by atoms with E-state index in [1.54, 1.807) is 0 Å². The third-order valence-electron chi connectivity index (χ3n) is 3.54. The Kier molecular flexibility index (Phi) is 2.85. The molecule has 3 heteroatoms. The first-order valence-electron chi connectivity index (χ1n) is 6.46. The van der Waals surface area contributed by atoms with E-state index in [0.29, 0.717) is 12.5 Å². The van der Waals surface area contributed by atoms with Gasteiger partial charge in [-0.2, -0.15) is 0 Å². The maximum atomic E-state index is 11.9. The standard InChI is InChI=1S/C14H18N2O/c17-14-8-5-11-3-1-2-4-13(11)16(14)10-9-15-12-6-7-12/h1-4,12,15H,5-10H2. The number of benzene rings is 1. The van der Waals surface area contributed by atoms with Crippen LogP contribution in [-0.2, 0) is 11.2 Å². The van der Waals surface area contributed by atoms with Crippen LogP contribution >= 0.6 is 0 Å². The van der Waals surface area contributed by atoms with Crippen molar-refractivity contribution in [3.05, 3.63) is 29.8 Å². The van der Waals surface area contributed by atoms with Crippen molar-refractivity contribution in [1.82, 2.24) is 5.32 Å². The van der Waals surface area contributed by atoms with Crippen LogP contribution in [0, 0.1) is 0 Å². The first-order chi connectivity index (χ1) is 8.34. The third-order valence-corrected chi connectivity index (χ3v) is 3.54. The molecular weight excluding hydrogens is 212 g/mol. The van der Waals surface area contributed by atoms with E-state index in [9.17, 15) is 4.79 Å². The Hall–Kier alpha value is -1.35. The fourth-order valence-corrected chi connectivity index (χ4v) is 2.41.